The first-order valence-electron chi connectivity index (χ1n) is 11.2. The van der Waals surface area contributed by atoms with Crippen LogP contribution >= 0.6 is 0 Å². The Labute approximate surface area is 193 Å². The molecule has 7 nitrogen and oxygen atoms in total. The Hall–Kier alpha value is -2.84. The van der Waals surface area contributed by atoms with E-state index in [0.717, 1.165) is 22.2 Å². The van der Waals surface area contributed by atoms with Crippen LogP contribution in [0.25, 0.3) is 22.2 Å². The monoisotopic (exact) mass is 450 g/mol. The second-order valence-corrected chi connectivity index (χ2v) is 8.47. The Morgan fingerprint density at radius 1 is 1.12 bits per heavy atom. The fraction of sp³-hybridized carbons (Fsp3) is 0.385. The number of hydrogen-bond donors (Lipinski definition) is 1. The van der Waals surface area contributed by atoms with Gasteiger partial charge in [-0.2, -0.15) is 0 Å². The summed E-state index contributed by atoms with van der Waals surface area (Å²) in [6, 6.07) is 19.0. The number of carbonyl (C=O) groups excluding carboxylic acids is 1. The Morgan fingerprint density at radius 2 is 1.85 bits per heavy atom. The number of rotatable bonds is 7. The second-order valence-electron chi connectivity index (χ2n) is 8.47. The Morgan fingerprint density at radius 3 is 2.61 bits per heavy atom. The van der Waals surface area contributed by atoms with Crippen molar-refractivity contribution in [3.63, 3.8) is 0 Å². The highest BCUT2D eigenvalue weighted by molar-refractivity contribution is 6.04. The molecular formula is C26H30N2O5. The zero-order valence-electron chi connectivity index (χ0n) is 19.2. The largest absolute Gasteiger partial charge is 0.460 e. The molecule has 0 saturated carbocycles. The average Bonchev–Trinajstić information content (AvgIpc) is 2.83. The lowest BCUT2D eigenvalue weighted by molar-refractivity contribution is -0.236. The number of aliphatic hydroxyl groups excluding tert-OH is 1. The highest BCUT2D eigenvalue weighted by atomic mass is 16.7. The number of pyridine rings is 1. The molecule has 4 atom stereocenters. The summed E-state index contributed by atoms with van der Waals surface area (Å²) in [5.74, 6) is -0.422. The first kappa shape index (κ1) is 23.3. The van der Waals surface area contributed by atoms with E-state index in [1.54, 1.807) is 6.07 Å². The summed E-state index contributed by atoms with van der Waals surface area (Å²) in [4.78, 5) is 19.6. The van der Waals surface area contributed by atoms with Crippen LogP contribution in [-0.4, -0.2) is 72.8 Å². The number of ether oxygens (including phenoxy) is 3. The van der Waals surface area contributed by atoms with Crippen molar-refractivity contribution in [3.8, 4) is 11.3 Å². The molecule has 0 unspecified atom stereocenters. The highest BCUT2D eigenvalue weighted by Gasteiger charge is 2.36. The van der Waals surface area contributed by atoms with E-state index in [0.29, 0.717) is 12.0 Å². The minimum atomic E-state index is -0.573. The topological polar surface area (TPSA) is 81.1 Å². The smallest absolute Gasteiger partial charge is 0.338 e. The fourth-order valence-electron chi connectivity index (χ4n) is 4.14. The van der Waals surface area contributed by atoms with Gasteiger partial charge in [0.05, 0.1) is 35.6 Å². The van der Waals surface area contributed by atoms with Crippen LogP contribution in [0.1, 0.15) is 23.7 Å². The van der Waals surface area contributed by atoms with Gasteiger partial charge >= 0.3 is 5.97 Å². The van der Waals surface area contributed by atoms with Crippen LogP contribution in [0.3, 0.4) is 0 Å². The number of nitrogens with zero attached hydrogens (tertiary/aromatic N) is 2. The van der Waals surface area contributed by atoms with Crippen LogP contribution in [0, 0.1) is 0 Å². The maximum Gasteiger partial charge on any atom is 0.338 e. The van der Waals surface area contributed by atoms with Crippen LogP contribution in [0.15, 0.2) is 60.7 Å². The summed E-state index contributed by atoms with van der Waals surface area (Å²) in [5.41, 5.74) is 2.86. The van der Waals surface area contributed by atoms with Gasteiger partial charge in [-0.3, -0.25) is 0 Å². The first-order chi connectivity index (χ1) is 15.9. The van der Waals surface area contributed by atoms with Crippen LogP contribution in [0.5, 0.6) is 0 Å². The van der Waals surface area contributed by atoms with Crippen molar-refractivity contribution in [1.29, 1.82) is 0 Å². The van der Waals surface area contributed by atoms with Gasteiger partial charge in [-0.15, -0.1) is 0 Å². The Bertz CT molecular complexity index is 1090. The predicted octanol–water partition coefficient (Wildman–Crippen LogP) is 3.50. The van der Waals surface area contributed by atoms with Crippen LogP contribution < -0.4 is 0 Å². The maximum atomic E-state index is 13.0. The van der Waals surface area contributed by atoms with Gasteiger partial charge in [0.15, 0.2) is 6.29 Å². The summed E-state index contributed by atoms with van der Waals surface area (Å²) < 4.78 is 17.1. The van der Waals surface area contributed by atoms with Gasteiger partial charge in [0.1, 0.15) is 6.61 Å². The third-order valence-electron chi connectivity index (χ3n) is 5.96. The predicted molar refractivity (Wildman–Crippen MR) is 126 cm³/mol. The van der Waals surface area contributed by atoms with E-state index in [1.807, 2.05) is 80.5 Å². The maximum absolute atomic E-state index is 13.0. The lowest BCUT2D eigenvalue weighted by Gasteiger charge is -2.40. The minimum absolute atomic E-state index is 0.0547. The van der Waals surface area contributed by atoms with Gasteiger partial charge in [0, 0.05) is 23.4 Å². The van der Waals surface area contributed by atoms with E-state index in [9.17, 15) is 9.90 Å². The van der Waals surface area contributed by atoms with E-state index < -0.39 is 18.4 Å². The van der Waals surface area contributed by atoms with Crippen molar-refractivity contribution in [2.75, 3.05) is 27.3 Å². The number of carbonyl (C=O) groups is 1. The molecule has 7 heteroatoms. The van der Waals surface area contributed by atoms with Crippen LogP contribution in [-0.2, 0) is 14.2 Å². The number of aliphatic hydroxyl groups is 1. The molecule has 1 N–H and O–H groups in total. The molecule has 0 amide bonds. The molecule has 3 aromatic rings. The average molecular weight is 451 g/mol. The lowest BCUT2D eigenvalue weighted by Crippen LogP contribution is -2.53. The molecule has 2 heterocycles. The van der Waals surface area contributed by atoms with Crippen molar-refractivity contribution < 1.29 is 24.1 Å². The summed E-state index contributed by atoms with van der Waals surface area (Å²) in [7, 11) is 3.85. The molecule has 0 spiro atoms. The number of aromatic nitrogens is 1. The van der Waals surface area contributed by atoms with Gasteiger partial charge in [-0.05, 0) is 33.2 Å². The van der Waals surface area contributed by atoms with Gasteiger partial charge in [-0.25, -0.2) is 9.78 Å². The minimum Gasteiger partial charge on any atom is -0.460 e. The fourth-order valence-corrected chi connectivity index (χ4v) is 4.14. The molecule has 174 valence electrons. The molecule has 1 aliphatic rings. The van der Waals surface area contributed by atoms with Crippen molar-refractivity contribution in [2.24, 2.45) is 0 Å². The van der Waals surface area contributed by atoms with Crippen LogP contribution in [0.2, 0.25) is 0 Å². The Kier molecular flexibility index (Phi) is 7.35. The number of hydrogen-bond acceptors (Lipinski definition) is 7. The van der Waals surface area contributed by atoms with Crippen molar-refractivity contribution in [1.82, 2.24) is 9.88 Å². The molecule has 2 aromatic carbocycles. The number of fused-ring (bicyclic) bond motifs is 1. The van der Waals surface area contributed by atoms with Crippen molar-refractivity contribution in [2.45, 2.75) is 37.9 Å². The molecule has 1 fully saturated rings. The van der Waals surface area contributed by atoms with Gasteiger partial charge in [0.2, 0.25) is 0 Å². The van der Waals surface area contributed by atoms with Crippen molar-refractivity contribution >= 4 is 16.9 Å². The normalized spacial score (nSPS) is 23.1. The van der Waals surface area contributed by atoms with E-state index in [2.05, 4.69) is 0 Å². The molecule has 0 bridgehead atoms. The lowest BCUT2D eigenvalue weighted by atomic mass is 9.99. The molecular weight excluding hydrogens is 420 g/mol. The molecule has 4 rings (SSSR count). The molecule has 0 radical (unpaired) electrons. The third-order valence-corrected chi connectivity index (χ3v) is 5.96. The van der Waals surface area contributed by atoms with E-state index in [1.165, 1.54) is 0 Å². The molecule has 1 saturated heterocycles. The van der Waals surface area contributed by atoms with Crippen LogP contribution in [0.4, 0.5) is 0 Å². The molecule has 1 aliphatic heterocycles. The first-order valence-corrected chi connectivity index (χ1v) is 11.2. The quantitative estimate of drug-likeness (QED) is 0.436. The standard InChI is InChI=1S/C26H30N2O5/c1-17-25(29)23(28(2)3)16-24(33-17)31-13-14-32-26(30)20-15-22(18-9-5-4-6-10-18)27-21-12-8-7-11-19(20)21/h4-12,15,17,23-25,29H,13-14,16H2,1-3H3/t17-,23-,24-,25-/m1/s1. The molecule has 33 heavy (non-hydrogen) atoms. The second kappa shape index (κ2) is 10.4. The van der Waals surface area contributed by atoms with E-state index >= 15 is 0 Å². The molecule has 1 aromatic heterocycles. The molecule has 0 aliphatic carbocycles. The van der Waals surface area contributed by atoms with Gasteiger partial charge < -0.3 is 24.2 Å². The van der Waals surface area contributed by atoms with Gasteiger partial charge in [-0.1, -0.05) is 48.5 Å². The summed E-state index contributed by atoms with van der Waals surface area (Å²) >= 11 is 0. The van der Waals surface area contributed by atoms with Gasteiger partial charge in [0.25, 0.3) is 0 Å². The zero-order chi connectivity index (χ0) is 23.4. The van der Waals surface area contributed by atoms with Crippen molar-refractivity contribution in [3.05, 3.63) is 66.2 Å². The summed E-state index contributed by atoms with van der Waals surface area (Å²) in [6.45, 7) is 2.13. The highest BCUT2D eigenvalue weighted by Crippen LogP contribution is 2.26. The number of esters is 1. The SMILES string of the molecule is C[C@H]1O[C@@H](OCCOC(=O)c2cc(-c3ccccc3)nc3ccccc23)C[C@@H](N(C)C)[C@@H]1O. The number of para-hydroxylation sites is 1. The Balaban J connectivity index is 1.41. The number of likely N-dealkylation sites (N-methyl/N-ethyl adjacent to an activating group) is 1. The zero-order valence-corrected chi connectivity index (χ0v) is 19.2. The number of benzene rings is 2. The summed E-state index contributed by atoms with van der Waals surface area (Å²) in [5, 5.41) is 11.0. The third kappa shape index (κ3) is 5.39. The van der Waals surface area contributed by atoms with E-state index in [-0.39, 0.29) is 25.4 Å². The summed E-state index contributed by atoms with van der Waals surface area (Å²) in [6.07, 6.45) is -0.822. The van der Waals surface area contributed by atoms with E-state index in [4.69, 9.17) is 19.2 Å².